The first-order valence-electron chi connectivity index (χ1n) is 9.04. The number of thioether (sulfide) groups is 1. The number of carbonyl (C=O) groups excluding carboxylic acids is 2. The molecule has 0 saturated carbocycles. The first kappa shape index (κ1) is 20.4. The summed E-state index contributed by atoms with van der Waals surface area (Å²) in [6.07, 6.45) is 0. The van der Waals surface area contributed by atoms with Gasteiger partial charge in [0.1, 0.15) is 6.54 Å². The number of hydrogen-bond acceptors (Lipinski definition) is 6. The standard InChI is InChI=1S/C21H15N3O6S/c1-23(13-8-4-3-7-12(13)20(29)30)21-22-18(27)17(31-21)16-11-6-2-5-9-14(11)24(19(16)28)10-15(25)26/h2-9H,10H2,1H3,(H,25,26)(H,29,30)/b17-16-. The van der Waals surface area contributed by atoms with E-state index in [1.54, 1.807) is 49.5 Å². The van der Waals surface area contributed by atoms with E-state index in [2.05, 4.69) is 4.99 Å². The lowest BCUT2D eigenvalue weighted by molar-refractivity contribution is -0.136. The fourth-order valence-corrected chi connectivity index (χ4v) is 4.42. The first-order chi connectivity index (χ1) is 14.8. The van der Waals surface area contributed by atoms with E-state index in [1.165, 1.54) is 11.0 Å². The number of rotatable bonds is 4. The fourth-order valence-electron chi connectivity index (χ4n) is 3.44. The van der Waals surface area contributed by atoms with Crippen molar-refractivity contribution in [3.8, 4) is 0 Å². The zero-order valence-corrected chi connectivity index (χ0v) is 16.9. The number of aromatic carboxylic acids is 1. The van der Waals surface area contributed by atoms with Crippen molar-refractivity contribution in [3.63, 3.8) is 0 Å². The Morgan fingerprint density at radius 2 is 1.74 bits per heavy atom. The molecule has 2 heterocycles. The topological polar surface area (TPSA) is 128 Å². The van der Waals surface area contributed by atoms with Crippen molar-refractivity contribution in [2.45, 2.75) is 0 Å². The third kappa shape index (κ3) is 3.46. The van der Waals surface area contributed by atoms with E-state index in [0.29, 0.717) is 16.9 Å². The lowest BCUT2D eigenvalue weighted by Gasteiger charge is -2.19. The Hall–Kier alpha value is -3.92. The quantitative estimate of drug-likeness (QED) is 0.698. The van der Waals surface area contributed by atoms with Crippen LogP contribution in [0.4, 0.5) is 11.4 Å². The Balaban J connectivity index is 1.74. The lowest BCUT2D eigenvalue weighted by atomic mass is 10.1. The summed E-state index contributed by atoms with van der Waals surface area (Å²) in [5.74, 6) is -3.54. The van der Waals surface area contributed by atoms with Crippen LogP contribution in [0.1, 0.15) is 15.9 Å². The number of fused-ring (bicyclic) bond motifs is 1. The molecule has 0 unspecified atom stereocenters. The molecular weight excluding hydrogens is 422 g/mol. The highest BCUT2D eigenvalue weighted by atomic mass is 32.2. The summed E-state index contributed by atoms with van der Waals surface area (Å²) in [4.78, 5) is 55.2. The minimum absolute atomic E-state index is 0.0387. The Labute approximate surface area is 180 Å². The van der Waals surface area contributed by atoms with Crippen LogP contribution in [-0.2, 0) is 14.4 Å². The van der Waals surface area contributed by atoms with Gasteiger partial charge in [0.2, 0.25) is 0 Å². The van der Waals surface area contributed by atoms with E-state index in [-0.39, 0.29) is 21.2 Å². The first-order valence-corrected chi connectivity index (χ1v) is 9.85. The number of hydrogen-bond donors (Lipinski definition) is 2. The van der Waals surface area contributed by atoms with Crippen LogP contribution in [0.3, 0.4) is 0 Å². The highest BCUT2D eigenvalue weighted by Crippen LogP contribution is 2.43. The lowest BCUT2D eigenvalue weighted by Crippen LogP contribution is -2.32. The van der Waals surface area contributed by atoms with Crippen LogP contribution in [0, 0.1) is 0 Å². The fraction of sp³-hybridized carbons (Fsp3) is 0.0952. The van der Waals surface area contributed by atoms with Gasteiger partial charge in [-0.15, -0.1) is 0 Å². The van der Waals surface area contributed by atoms with Crippen molar-refractivity contribution in [1.29, 1.82) is 0 Å². The van der Waals surface area contributed by atoms with Gasteiger partial charge in [0.15, 0.2) is 5.17 Å². The molecule has 2 aliphatic heterocycles. The summed E-state index contributed by atoms with van der Waals surface area (Å²) < 4.78 is 0. The summed E-state index contributed by atoms with van der Waals surface area (Å²) in [6.45, 7) is -0.537. The third-order valence-electron chi connectivity index (χ3n) is 4.81. The molecule has 0 aliphatic carbocycles. The van der Waals surface area contributed by atoms with Gasteiger partial charge in [-0.25, -0.2) is 4.79 Å². The molecular formula is C21H15N3O6S. The number of aliphatic imine (C=N–C) groups is 1. The van der Waals surface area contributed by atoms with Crippen molar-refractivity contribution in [1.82, 2.24) is 0 Å². The number of amides is 2. The monoisotopic (exact) mass is 437 g/mol. The average molecular weight is 437 g/mol. The normalized spacial score (nSPS) is 17.6. The zero-order chi connectivity index (χ0) is 22.3. The van der Waals surface area contributed by atoms with Gasteiger partial charge >= 0.3 is 11.9 Å². The molecule has 0 bridgehead atoms. The van der Waals surface area contributed by atoms with Crippen molar-refractivity contribution in [3.05, 3.63) is 64.6 Å². The van der Waals surface area contributed by atoms with Crippen molar-refractivity contribution in [2.75, 3.05) is 23.4 Å². The molecule has 31 heavy (non-hydrogen) atoms. The molecule has 0 fully saturated rings. The molecule has 0 radical (unpaired) electrons. The maximum Gasteiger partial charge on any atom is 0.337 e. The van der Waals surface area contributed by atoms with E-state index in [1.807, 2.05) is 0 Å². The molecule has 2 N–H and O–H groups in total. The molecule has 156 valence electrons. The van der Waals surface area contributed by atoms with E-state index in [9.17, 15) is 29.4 Å². The number of carboxylic acids is 2. The Morgan fingerprint density at radius 1 is 1.06 bits per heavy atom. The molecule has 4 rings (SSSR count). The van der Waals surface area contributed by atoms with Crippen LogP contribution in [0.5, 0.6) is 0 Å². The third-order valence-corrected chi connectivity index (χ3v) is 5.94. The average Bonchev–Trinajstić information content (AvgIpc) is 3.24. The summed E-state index contributed by atoms with van der Waals surface area (Å²) in [6, 6.07) is 12.9. The second-order valence-electron chi connectivity index (χ2n) is 6.69. The molecule has 0 saturated heterocycles. The minimum Gasteiger partial charge on any atom is -0.480 e. The number of anilines is 2. The number of carbonyl (C=O) groups is 4. The van der Waals surface area contributed by atoms with E-state index in [0.717, 1.165) is 16.7 Å². The second kappa shape index (κ2) is 7.73. The van der Waals surface area contributed by atoms with Gasteiger partial charge < -0.3 is 15.1 Å². The predicted molar refractivity (Wildman–Crippen MR) is 115 cm³/mol. The predicted octanol–water partition coefficient (Wildman–Crippen LogP) is 2.29. The summed E-state index contributed by atoms with van der Waals surface area (Å²) in [7, 11) is 1.58. The van der Waals surface area contributed by atoms with Gasteiger partial charge in [-0.05, 0) is 30.0 Å². The number of nitrogens with zero attached hydrogens (tertiary/aromatic N) is 3. The van der Waals surface area contributed by atoms with Crippen molar-refractivity contribution in [2.24, 2.45) is 4.99 Å². The molecule has 9 nitrogen and oxygen atoms in total. The number of para-hydroxylation sites is 2. The van der Waals surface area contributed by atoms with Crippen LogP contribution >= 0.6 is 11.8 Å². The maximum absolute atomic E-state index is 13.0. The second-order valence-corrected chi connectivity index (χ2v) is 7.67. The molecule has 0 spiro atoms. The van der Waals surface area contributed by atoms with Crippen LogP contribution in [-0.4, -0.2) is 52.7 Å². The molecule has 0 aromatic heterocycles. The number of carboxylic acid groups (broad SMARTS) is 2. The molecule has 0 atom stereocenters. The number of amidine groups is 1. The Bertz CT molecular complexity index is 1220. The van der Waals surface area contributed by atoms with Gasteiger partial charge in [-0.1, -0.05) is 30.3 Å². The van der Waals surface area contributed by atoms with Crippen LogP contribution in [0.15, 0.2) is 58.4 Å². The SMILES string of the molecule is CN(C1=NC(=O)/C(=C2/C(=O)N(CC(=O)O)c3ccccc32)S1)c1ccccc1C(=O)O. The van der Waals surface area contributed by atoms with Gasteiger partial charge in [-0.3, -0.25) is 19.3 Å². The van der Waals surface area contributed by atoms with E-state index in [4.69, 9.17) is 0 Å². The van der Waals surface area contributed by atoms with Crippen LogP contribution in [0.25, 0.3) is 5.57 Å². The molecule has 2 aliphatic rings. The van der Waals surface area contributed by atoms with Gasteiger partial charge in [0.05, 0.1) is 27.4 Å². The summed E-state index contributed by atoms with van der Waals surface area (Å²) in [5, 5.41) is 18.8. The molecule has 10 heteroatoms. The smallest absolute Gasteiger partial charge is 0.337 e. The Morgan fingerprint density at radius 3 is 2.45 bits per heavy atom. The van der Waals surface area contributed by atoms with Gasteiger partial charge in [-0.2, -0.15) is 4.99 Å². The summed E-state index contributed by atoms with van der Waals surface area (Å²) in [5.41, 5.74) is 1.33. The van der Waals surface area contributed by atoms with Crippen LogP contribution in [0.2, 0.25) is 0 Å². The van der Waals surface area contributed by atoms with Crippen LogP contribution < -0.4 is 9.80 Å². The minimum atomic E-state index is -1.18. The van der Waals surface area contributed by atoms with Gasteiger partial charge in [0, 0.05) is 12.6 Å². The molecule has 2 aromatic rings. The highest BCUT2D eigenvalue weighted by Gasteiger charge is 2.40. The number of benzene rings is 2. The molecule has 2 amide bonds. The zero-order valence-electron chi connectivity index (χ0n) is 16.1. The maximum atomic E-state index is 13.0. The Kier molecular flexibility index (Phi) is 5.07. The molecule has 2 aromatic carbocycles. The van der Waals surface area contributed by atoms with E-state index >= 15 is 0 Å². The highest BCUT2D eigenvalue weighted by molar-refractivity contribution is 8.19. The summed E-state index contributed by atoms with van der Waals surface area (Å²) >= 11 is 0.946. The van der Waals surface area contributed by atoms with Crippen molar-refractivity contribution < 1.29 is 29.4 Å². The van der Waals surface area contributed by atoms with Gasteiger partial charge in [0.25, 0.3) is 11.8 Å². The largest absolute Gasteiger partial charge is 0.480 e. The number of aliphatic carboxylic acids is 1. The van der Waals surface area contributed by atoms with Crippen molar-refractivity contribution >= 4 is 57.6 Å². The van der Waals surface area contributed by atoms with E-state index < -0.39 is 30.3 Å².